The van der Waals surface area contributed by atoms with E-state index >= 15 is 0 Å². The Morgan fingerprint density at radius 3 is 3.05 bits per heavy atom. The van der Waals surface area contributed by atoms with Crippen LogP contribution in [0.2, 0.25) is 0 Å². The molecule has 4 heteroatoms. The molecule has 1 unspecified atom stereocenters. The highest BCUT2D eigenvalue weighted by Crippen LogP contribution is 2.25. The van der Waals surface area contributed by atoms with Crippen molar-refractivity contribution in [3.63, 3.8) is 0 Å². The molecule has 100 valence electrons. The van der Waals surface area contributed by atoms with Gasteiger partial charge in [-0.3, -0.25) is 4.99 Å². The Labute approximate surface area is 117 Å². The van der Waals surface area contributed by atoms with E-state index in [9.17, 15) is 0 Å². The van der Waals surface area contributed by atoms with E-state index in [1.807, 2.05) is 0 Å². The summed E-state index contributed by atoms with van der Waals surface area (Å²) in [7, 11) is 1.70. The summed E-state index contributed by atoms with van der Waals surface area (Å²) in [6, 6.07) is 6.49. The van der Waals surface area contributed by atoms with E-state index in [1.165, 1.54) is 22.4 Å². The lowest BCUT2D eigenvalue weighted by molar-refractivity contribution is 0.184. The van der Waals surface area contributed by atoms with Crippen LogP contribution in [0.4, 0.5) is 0 Å². The molecule has 1 atom stereocenters. The van der Waals surface area contributed by atoms with Gasteiger partial charge >= 0.3 is 0 Å². The normalized spacial score (nSPS) is 19.7. The Kier molecular flexibility index (Phi) is 3.62. The SMILES string of the molecule is COCc1nc2cc(C3=NCC(C)CC3)ccc2s1. The average molecular weight is 274 g/mol. The maximum atomic E-state index is 5.14. The van der Waals surface area contributed by atoms with Crippen molar-refractivity contribution in [3.8, 4) is 0 Å². The van der Waals surface area contributed by atoms with Gasteiger partial charge in [-0.15, -0.1) is 11.3 Å². The van der Waals surface area contributed by atoms with Gasteiger partial charge in [0.05, 0.1) is 16.8 Å². The molecule has 0 radical (unpaired) electrons. The summed E-state index contributed by atoms with van der Waals surface area (Å²) in [4.78, 5) is 9.31. The maximum absolute atomic E-state index is 5.14. The summed E-state index contributed by atoms with van der Waals surface area (Å²) in [5.74, 6) is 0.722. The van der Waals surface area contributed by atoms with Gasteiger partial charge in [-0.1, -0.05) is 13.0 Å². The highest BCUT2D eigenvalue weighted by atomic mass is 32.1. The number of hydrogen-bond donors (Lipinski definition) is 0. The van der Waals surface area contributed by atoms with Crippen molar-refractivity contribution in [2.45, 2.75) is 26.4 Å². The number of ether oxygens (including phenoxy) is 1. The fourth-order valence-electron chi connectivity index (χ4n) is 2.39. The monoisotopic (exact) mass is 274 g/mol. The summed E-state index contributed by atoms with van der Waals surface area (Å²) in [5, 5.41) is 1.04. The molecule has 0 fully saturated rings. The second-order valence-corrected chi connectivity index (χ2v) is 6.27. The van der Waals surface area contributed by atoms with Crippen molar-refractivity contribution >= 4 is 27.3 Å². The van der Waals surface area contributed by atoms with E-state index in [0.29, 0.717) is 6.61 Å². The zero-order valence-electron chi connectivity index (χ0n) is 11.3. The minimum Gasteiger partial charge on any atom is -0.378 e. The van der Waals surface area contributed by atoms with E-state index < -0.39 is 0 Å². The molecular weight excluding hydrogens is 256 g/mol. The molecule has 19 heavy (non-hydrogen) atoms. The molecule has 0 amide bonds. The topological polar surface area (TPSA) is 34.5 Å². The quantitative estimate of drug-likeness (QED) is 0.856. The second-order valence-electron chi connectivity index (χ2n) is 5.15. The molecule has 2 aromatic rings. The van der Waals surface area contributed by atoms with Crippen molar-refractivity contribution in [1.29, 1.82) is 0 Å². The van der Waals surface area contributed by atoms with Crippen LogP contribution in [0.1, 0.15) is 30.3 Å². The van der Waals surface area contributed by atoms with Crippen LogP contribution in [-0.2, 0) is 11.3 Å². The molecule has 2 heterocycles. The average Bonchev–Trinajstić information content (AvgIpc) is 2.81. The zero-order valence-corrected chi connectivity index (χ0v) is 12.2. The Morgan fingerprint density at radius 1 is 1.42 bits per heavy atom. The molecule has 1 aromatic heterocycles. The highest BCUT2D eigenvalue weighted by molar-refractivity contribution is 7.18. The van der Waals surface area contributed by atoms with Crippen LogP contribution in [0.25, 0.3) is 10.2 Å². The molecule has 0 spiro atoms. The van der Waals surface area contributed by atoms with E-state index in [2.05, 4.69) is 30.1 Å². The first kappa shape index (κ1) is 12.8. The van der Waals surface area contributed by atoms with Crippen LogP contribution in [0.5, 0.6) is 0 Å². The van der Waals surface area contributed by atoms with Crippen LogP contribution in [0.15, 0.2) is 23.2 Å². The summed E-state index contributed by atoms with van der Waals surface area (Å²) in [6.07, 6.45) is 2.32. The van der Waals surface area contributed by atoms with E-state index in [0.717, 1.165) is 29.4 Å². The number of hydrogen-bond acceptors (Lipinski definition) is 4. The lowest BCUT2D eigenvalue weighted by atomic mass is 9.96. The van der Waals surface area contributed by atoms with Crippen LogP contribution in [-0.4, -0.2) is 24.4 Å². The Balaban J connectivity index is 1.92. The molecule has 0 bridgehead atoms. The van der Waals surface area contributed by atoms with Crippen LogP contribution < -0.4 is 0 Å². The first-order valence-electron chi connectivity index (χ1n) is 6.68. The number of thiazole rings is 1. The standard InChI is InChI=1S/C15H18N2OS/c1-10-3-5-12(16-8-10)11-4-6-14-13(7-11)17-15(19-14)9-18-2/h4,6-7,10H,3,5,8-9H2,1-2H3. The van der Waals surface area contributed by atoms with Crippen molar-refractivity contribution in [2.24, 2.45) is 10.9 Å². The molecule has 1 aliphatic rings. The first-order valence-corrected chi connectivity index (χ1v) is 7.50. The lowest BCUT2D eigenvalue weighted by Gasteiger charge is -2.17. The number of rotatable bonds is 3. The summed E-state index contributed by atoms with van der Waals surface area (Å²) >= 11 is 1.70. The third kappa shape index (κ3) is 2.69. The fraction of sp³-hybridized carbons (Fsp3) is 0.467. The number of aromatic nitrogens is 1. The minimum absolute atomic E-state index is 0.590. The highest BCUT2D eigenvalue weighted by Gasteiger charge is 2.14. The van der Waals surface area contributed by atoms with Crippen LogP contribution >= 0.6 is 11.3 Å². The van der Waals surface area contributed by atoms with E-state index in [4.69, 9.17) is 9.73 Å². The predicted octanol–water partition coefficient (Wildman–Crippen LogP) is 3.66. The summed E-state index contributed by atoms with van der Waals surface area (Å²) < 4.78 is 6.36. The zero-order chi connectivity index (χ0) is 13.2. The minimum atomic E-state index is 0.590. The molecule has 1 aromatic carbocycles. The van der Waals surface area contributed by atoms with Crippen molar-refractivity contribution < 1.29 is 4.74 Å². The van der Waals surface area contributed by atoms with Gasteiger partial charge < -0.3 is 4.74 Å². The second kappa shape index (κ2) is 5.39. The van der Waals surface area contributed by atoms with Gasteiger partial charge in [-0.2, -0.15) is 0 Å². The van der Waals surface area contributed by atoms with Gasteiger partial charge in [0.2, 0.25) is 0 Å². The molecular formula is C15H18N2OS. The molecule has 0 aliphatic carbocycles. The Morgan fingerprint density at radius 2 is 2.32 bits per heavy atom. The Hall–Kier alpha value is -1.26. The summed E-state index contributed by atoms with van der Waals surface area (Å²) in [6.45, 7) is 3.81. The van der Waals surface area contributed by atoms with E-state index in [1.54, 1.807) is 18.4 Å². The molecule has 1 aliphatic heterocycles. The molecule has 0 saturated carbocycles. The number of nitrogens with zero attached hydrogens (tertiary/aromatic N) is 2. The molecule has 0 saturated heterocycles. The van der Waals surface area contributed by atoms with Gasteiger partial charge in [-0.05, 0) is 36.5 Å². The Bertz CT molecular complexity index is 618. The lowest BCUT2D eigenvalue weighted by Crippen LogP contribution is -2.14. The van der Waals surface area contributed by atoms with Crippen molar-refractivity contribution in [1.82, 2.24) is 4.98 Å². The van der Waals surface area contributed by atoms with Gasteiger partial charge in [-0.25, -0.2) is 4.98 Å². The fourth-order valence-corrected chi connectivity index (χ4v) is 3.31. The molecule has 3 nitrogen and oxygen atoms in total. The number of methoxy groups -OCH3 is 1. The predicted molar refractivity (Wildman–Crippen MR) is 80.1 cm³/mol. The van der Waals surface area contributed by atoms with Gasteiger partial charge in [0.1, 0.15) is 5.01 Å². The smallest absolute Gasteiger partial charge is 0.120 e. The van der Waals surface area contributed by atoms with Gasteiger partial charge in [0.15, 0.2) is 0 Å². The summed E-state index contributed by atoms with van der Waals surface area (Å²) in [5.41, 5.74) is 3.53. The third-order valence-corrected chi connectivity index (χ3v) is 4.51. The van der Waals surface area contributed by atoms with Gasteiger partial charge in [0, 0.05) is 19.4 Å². The van der Waals surface area contributed by atoms with Crippen LogP contribution in [0, 0.1) is 5.92 Å². The van der Waals surface area contributed by atoms with Crippen molar-refractivity contribution in [3.05, 3.63) is 28.8 Å². The maximum Gasteiger partial charge on any atom is 0.120 e. The number of aliphatic imine (C=N–C) groups is 1. The van der Waals surface area contributed by atoms with Gasteiger partial charge in [0.25, 0.3) is 0 Å². The number of fused-ring (bicyclic) bond motifs is 1. The molecule has 3 rings (SSSR count). The largest absolute Gasteiger partial charge is 0.378 e. The third-order valence-electron chi connectivity index (χ3n) is 3.50. The first-order chi connectivity index (χ1) is 9.26. The molecule has 0 N–H and O–H groups in total. The van der Waals surface area contributed by atoms with E-state index in [-0.39, 0.29) is 0 Å². The van der Waals surface area contributed by atoms with Crippen molar-refractivity contribution in [2.75, 3.05) is 13.7 Å². The van der Waals surface area contributed by atoms with Crippen LogP contribution in [0.3, 0.4) is 0 Å². The number of benzene rings is 1.